The van der Waals surface area contributed by atoms with E-state index in [0.29, 0.717) is 0 Å². The van der Waals surface area contributed by atoms with Crippen LogP contribution in [0.2, 0.25) is 0 Å². The first-order chi connectivity index (χ1) is 8.31. The van der Waals surface area contributed by atoms with Crippen LogP contribution in [0.25, 0.3) is 0 Å². The molecule has 0 unspecified atom stereocenters. The van der Waals surface area contributed by atoms with Crippen molar-refractivity contribution in [3.63, 3.8) is 0 Å². The van der Waals surface area contributed by atoms with Crippen molar-refractivity contribution < 1.29 is 0 Å². The molecule has 1 N–H and O–H groups in total. The molecular formula is C15H30N2. The molecule has 2 fully saturated rings. The predicted octanol–water partition coefficient (Wildman–Crippen LogP) is 3.17. The third kappa shape index (κ3) is 3.69. The van der Waals surface area contributed by atoms with E-state index in [1.807, 2.05) is 0 Å². The fourth-order valence-electron chi connectivity index (χ4n) is 3.76. The Morgan fingerprint density at radius 2 is 1.47 bits per heavy atom. The third-order valence-corrected chi connectivity index (χ3v) is 4.92. The van der Waals surface area contributed by atoms with E-state index in [2.05, 4.69) is 24.2 Å². The molecule has 2 aliphatic rings. The predicted molar refractivity (Wildman–Crippen MR) is 74.4 cm³/mol. The first-order valence-electron chi connectivity index (χ1n) is 7.76. The van der Waals surface area contributed by atoms with Gasteiger partial charge in [0.15, 0.2) is 0 Å². The van der Waals surface area contributed by atoms with Gasteiger partial charge in [0.2, 0.25) is 0 Å². The third-order valence-electron chi connectivity index (χ3n) is 4.92. The summed E-state index contributed by atoms with van der Waals surface area (Å²) in [6.07, 6.45) is 12.9. The van der Waals surface area contributed by atoms with Crippen molar-refractivity contribution >= 4 is 0 Å². The Labute approximate surface area is 107 Å². The first-order valence-corrected chi connectivity index (χ1v) is 7.76. The standard InChI is InChI=1S/C15H30N2/c1-3-16-13-9-11-15(12-10-13)17(2)14-7-5-4-6-8-14/h13-16H,3-12H2,1-2H3. The van der Waals surface area contributed by atoms with Crippen LogP contribution < -0.4 is 5.32 Å². The zero-order valence-electron chi connectivity index (χ0n) is 11.8. The van der Waals surface area contributed by atoms with E-state index in [0.717, 1.165) is 24.7 Å². The molecule has 0 saturated heterocycles. The van der Waals surface area contributed by atoms with E-state index < -0.39 is 0 Å². The second-order valence-electron chi connectivity index (χ2n) is 6.02. The van der Waals surface area contributed by atoms with E-state index >= 15 is 0 Å². The van der Waals surface area contributed by atoms with E-state index in [4.69, 9.17) is 0 Å². The summed E-state index contributed by atoms with van der Waals surface area (Å²) in [5.41, 5.74) is 0. The molecular weight excluding hydrogens is 208 g/mol. The summed E-state index contributed by atoms with van der Waals surface area (Å²) >= 11 is 0. The minimum Gasteiger partial charge on any atom is -0.314 e. The fourth-order valence-corrected chi connectivity index (χ4v) is 3.76. The molecule has 0 spiro atoms. The van der Waals surface area contributed by atoms with Crippen LogP contribution in [0.15, 0.2) is 0 Å². The van der Waals surface area contributed by atoms with Gasteiger partial charge in [0.05, 0.1) is 0 Å². The highest BCUT2D eigenvalue weighted by molar-refractivity contribution is 4.85. The Bertz CT molecular complexity index is 203. The SMILES string of the molecule is CCNC1CCC(N(C)C2CCCCC2)CC1. The lowest BCUT2D eigenvalue weighted by atomic mass is 9.87. The summed E-state index contributed by atoms with van der Waals surface area (Å²) in [4.78, 5) is 2.72. The summed E-state index contributed by atoms with van der Waals surface area (Å²) < 4.78 is 0. The minimum atomic E-state index is 0.802. The Hall–Kier alpha value is -0.0800. The molecule has 0 aliphatic heterocycles. The molecule has 0 radical (unpaired) electrons. The highest BCUT2D eigenvalue weighted by atomic mass is 15.2. The molecule has 2 saturated carbocycles. The summed E-state index contributed by atoms with van der Waals surface area (Å²) in [6, 6.07) is 2.56. The van der Waals surface area contributed by atoms with Crippen LogP contribution in [-0.4, -0.2) is 36.6 Å². The van der Waals surface area contributed by atoms with E-state index in [-0.39, 0.29) is 0 Å². The van der Waals surface area contributed by atoms with Crippen LogP contribution in [0.5, 0.6) is 0 Å². The molecule has 0 aromatic heterocycles. The van der Waals surface area contributed by atoms with Gasteiger partial charge in [0.1, 0.15) is 0 Å². The molecule has 100 valence electrons. The lowest BCUT2D eigenvalue weighted by Gasteiger charge is -2.40. The smallest absolute Gasteiger partial charge is 0.00963 e. The average Bonchev–Trinajstić information content (AvgIpc) is 2.40. The van der Waals surface area contributed by atoms with Gasteiger partial charge in [-0.1, -0.05) is 26.2 Å². The van der Waals surface area contributed by atoms with Gasteiger partial charge in [0, 0.05) is 18.1 Å². The maximum Gasteiger partial charge on any atom is 0.00963 e. The Morgan fingerprint density at radius 1 is 0.882 bits per heavy atom. The Kier molecular flexibility index (Phi) is 5.30. The molecule has 2 rings (SSSR count). The highest BCUT2D eigenvalue weighted by Crippen LogP contribution is 2.28. The monoisotopic (exact) mass is 238 g/mol. The van der Waals surface area contributed by atoms with Crippen molar-refractivity contribution in [1.29, 1.82) is 0 Å². The van der Waals surface area contributed by atoms with Crippen molar-refractivity contribution in [2.24, 2.45) is 0 Å². The zero-order chi connectivity index (χ0) is 12.1. The molecule has 0 aromatic carbocycles. The molecule has 17 heavy (non-hydrogen) atoms. The number of hydrogen-bond acceptors (Lipinski definition) is 2. The topological polar surface area (TPSA) is 15.3 Å². The van der Waals surface area contributed by atoms with E-state index in [1.165, 1.54) is 57.8 Å². The molecule has 2 aliphatic carbocycles. The molecule has 0 bridgehead atoms. The van der Waals surface area contributed by atoms with Crippen LogP contribution >= 0.6 is 0 Å². The normalized spacial score (nSPS) is 31.9. The zero-order valence-corrected chi connectivity index (χ0v) is 11.8. The minimum absolute atomic E-state index is 0.802. The van der Waals surface area contributed by atoms with Gasteiger partial charge in [-0.15, -0.1) is 0 Å². The van der Waals surface area contributed by atoms with Crippen molar-refractivity contribution in [1.82, 2.24) is 10.2 Å². The molecule has 0 amide bonds. The Morgan fingerprint density at radius 3 is 2.06 bits per heavy atom. The van der Waals surface area contributed by atoms with Gasteiger partial charge in [0.25, 0.3) is 0 Å². The number of nitrogens with one attached hydrogen (secondary N) is 1. The van der Waals surface area contributed by atoms with Crippen LogP contribution in [0.3, 0.4) is 0 Å². The molecule has 2 heteroatoms. The van der Waals surface area contributed by atoms with Crippen LogP contribution in [-0.2, 0) is 0 Å². The van der Waals surface area contributed by atoms with Gasteiger partial charge >= 0.3 is 0 Å². The summed E-state index contributed by atoms with van der Waals surface area (Å²) in [6.45, 7) is 3.36. The number of rotatable bonds is 4. The molecule has 2 nitrogen and oxygen atoms in total. The lowest BCUT2D eigenvalue weighted by molar-refractivity contribution is 0.103. The molecule has 0 aromatic rings. The van der Waals surface area contributed by atoms with Crippen LogP contribution in [0.1, 0.15) is 64.7 Å². The maximum absolute atomic E-state index is 3.60. The van der Waals surface area contributed by atoms with E-state index in [9.17, 15) is 0 Å². The van der Waals surface area contributed by atoms with Crippen LogP contribution in [0.4, 0.5) is 0 Å². The van der Waals surface area contributed by atoms with Gasteiger partial charge in [-0.25, -0.2) is 0 Å². The summed E-state index contributed by atoms with van der Waals surface area (Å²) in [7, 11) is 2.38. The maximum atomic E-state index is 3.60. The highest BCUT2D eigenvalue weighted by Gasteiger charge is 2.28. The van der Waals surface area contributed by atoms with Gasteiger partial charge in [-0.2, -0.15) is 0 Å². The quantitative estimate of drug-likeness (QED) is 0.809. The van der Waals surface area contributed by atoms with E-state index in [1.54, 1.807) is 0 Å². The van der Waals surface area contributed by atoms with Crippen LogP contribution in [0, 0.1) is 0 Å². The van der Waals surface area contributed by atoms with Crippen molar-refractivity contribution in [2.75, 3.05) is 13.6 Å². The largest absolute Gasteiger partial charge is 0.314 e. The number of nitrogens with zero attached hydrogens (tertiary/aromatic N) is 1. The first kappa shape index (κ1) is 13.4. The molecule has 0 atom stereocenters. The lowest BCUT2D eigenvalue weighted by Crippen LogP contribution is -2.45. The molecule has 0 heterocycles. The van der Waals surface area contributed by atoms with Crippen molar-refractivity contribution in [2.45, 2.75) is 82.8 Å². The van der Waals surface area contributed by atoms with Gasteiger partial charge in [-0.3, -0.25) is 0 Å². The van der Waals surface area contributed by atoms with Gasteiger partial charge in [-0.05, 0) is 52.1 Å². The van der Waals surface area contributed by atoms with Crippen molar-refractivity contribution in [3.05, 3.63) is 0 Å². The Balaban J connectivity index is 1.75. The summed E-state index contributed by atoms with van der Waals surface area (Å²) in [5, 5.41) is 3.60. The second-order valence-corrected chi connectivity index (χ2v) is 6.02. The second kappa shape index (κ2) is 6.75. The van der Waals surface area contributed by atoms with Crippen molar-refractivity contribution in [3.8, 4) is 0 Å². The fraction of sp³-hybridized carbons (Fsp3) is 1.00. The number of hydrogen-bond donors (Lipinski definition) is 1. The summed E-state index contributed by atoms with van der Waals surface area (Å²) in [5.74, 6) is 0. The average molecular weight is 238 g/mol. The van der Waals surface area contributed by atoms with Gasteiger partial charge < -0.3 is 10.2 Å².